The molecule has 0 radical (unpaired) electrons. The van der Waals surface area contributed by atoms with Gasteiger partial charge in [0.05, 0.1) is 30.6 Å². The van der Waals surface area contributed by atoms with E-state index in [-0.39, 0.29) is 17.8 Å². The normalized spacial score (nSPS) is 17.9. The number of ether oxygens (including phenoxy) is 2. The van der Waals surface area contributed by atoms with E-state index in [1.807, 2.05) is 24.8 Å². The number of nitrogens with zero attached hydrogens (tertiary/aromatic N) is 6. The largest absolute Gasteiger partial charge is 0.508 e. The highest BCUT2D eigenvalue weighted by atomic mass is 16.5. The smallest absolute Gasteiger partial charge is 0.318 e. The van der Waals surface area contributed by atoms with Gasteiger partial charge in [0.25, 0.3) is 0 Å². The van der Waals surface area contributed by atoms with Gasteiger partial charge in [0.1, 0.15) is 17.3 Å². The summed E-state index contributed by atoms with van der Waals surface area (Å²) in [5, 5.41) is 10.3. The van der Waals surface area contributed by atoms with Gasteiger partial charge >= 0.3 is 6.01 Å². The van der Waals surface area contributed by atoms with Crippen LogP contribution in [0.2, 0.25) is 0 Å². The van der Waals surface area contributed by atoms with Crippen LogP contribution in [0, 0.1) is 0 Å². The lowest BCUT2D eigenvalue weighted by atomic mass is 10.0. The van der Waals surface area contributed by atoms with Crippen molar-refractivity contribution in [2.24, 2.45) is 0 Å². The van der Waals surface area contributed by atoms with E-state index in [0.29, 0.717) is 45.3 Å². The summed E-state index contributed by atoms with van der Waals surface area (Å²) in [7, 11) is 0. The lowest BCUT2D eigenvalue weighted by Gasteiger charge is -2.38. The molecule has 3 aliphatic rings. The molecule has 0 bridgehead atoms. The van der Waals surface area contributed by atoms with E-state index >= 15 is 0 Å². The fourth-order valence-electron chi connectivity index (χ4n) is 5.93. The molecule has 0 spiro atoms. The number of carbonyl (C=O) groups excluding carboxylic acids is 1. The Morgan fingerprint density at radius 3 is 2.56 bits per heavy atom. The molecule has 0 atom stereocenters. The predicted octanol–water partition coefficient (Wildman–Crippen LogP) is 3.62. The second-order valence-corrected chi connectivity index (χ2v) is 11.4. The fraction of sp³-hybridized carbons (Fsp3) is 0.581. The number of likely N-dealkylation sites (tertiary alicyclic amines) is 1. The molecule has 2 saturated heterocycles. The molecule has 1 aromatic carbocycles. The summed E-state index contributed by atoms with van der Waals surface area (Å²) < 4.78 is 12.2. The number of phenols is 1. The lowest BCUT2D eigenvalue weighted by molar-refractivity contribution is -0.126. The highest BCUT2D eigenvalue weighted by Crippen LogP contribution is 2.37. The number of hydrogen-bond donors (Lipinski definition) is 1. The molecule has 4 heterocycles. The summed E-state index contributed by atoms with van der Waals surface area (Å²) in [6, 6.07) is 5.65. The maximum Gasteiger partial charge on any atom is 0.318 e. The quantitative estimate of drug-likeness (QED) is 0.343. The topological polar surface area (TPSA) is 94.5 Å². The Balaban J connectivity index is 1.36. The molecule has 1 amide bonds. The van der Waals surface area contributed by atoms with E-state index in [1.54, 1.807) is 12.1 Å². The standard InChI is InChI=1S/C31H44N6O4/c1-4-29(39)35-16-18-36(19-17-35)30-25-11-15-37(27-21-24(38)9-10-28(27)41-23(2)3)22-26(25)32-31(33-30)40-20-8-14-34-12-6-5-7-13-34/h4,9-10,21,23,38H,1,5-8,11-20,22H2,2-3H3. The number of piperidine rings is 1. The van der Waals surface area contributed by atoms with Gasteiger partial charge in [-0.2, -0.15) is 9.97 Å². The monoisotopic (exact) mass is 564 g/mol. The Bertz CT molecular complexity index is 1210. The number of carbonyl (C=O) groups is 1. The Morgan fingerprint density at radius 2 is 1.83 bits per heavy atom. The summed E-state index contributed by atoms with van der Waals surface area (Å²) in [4.78, 5) is 30.8. The third-order valence-electron chi connectivity index (χ3n) is 8.03. The summed E-state index contributed by atoms with van der Waals surface area (Å²) >= 11 is 0. The molecule has 1 aromatic heterocycles. The van der Waals surface area contributed by atoms with E-state index in [1.165, 1.54) is 38.4 Å². The number of benzene rings is 1. The van der Waals surface area contributed by atoms with Crippen molar-refractivity contribution >= 4 is 17.4 Å². The minimum absolute atomic E-state index is 0.0147. The van der Waals surface area contributed by atoms with Gasteiger partial charge in [-0.25, -0.2) is 0 Å². The molecule has 10 nitrogen and oxygen atoms in total. The van der Waals surface area contributed by atoms with Crippen molar-refractivity contribution in [2.45, 2.75) is 58.6 Å². The van der Waals surface area contributed by atoms with E-state index in [2.05, 4.69) is 21.3 Å². The zero-order valence-corrected chi connectivity index (χ0v) is 24.6. The molecule has 5 rings (SSSR count). The van der Waals surface area contributed by atoms with Crippen molar-refractivity contribution in [3.05, 3.63) is 42.1 Å². The minimum Gasteiger partial charge on any atom is -0.508 e. The van der Waals surface area contributed by atoms with Crippen LogP contribution in [0.15, 0.2) is 30.9 Å². The van der Waals surface area contributed by atoms with E-state index < -0.39 is 0 Å². The van der Waals surface area contributed by atoms with Gasteiger partial charge in [0.15, 0.2) is 0 Å². The second kappa shape index (κ2) is 13.4. The third kappa shape index (κ3) is 7.22. The summed E-state index contributed by atoms with van der Waals surface area (Å²) in [5.74, 6) is 1.82. The lowest BCUT2D eigenvalue weighted by Crippen LogP contribution is -2.49. The number of rotatable bonds is 10. The van der Waals surface area contributed by atoms with Crippen molar-refractivity contribution in [2.75, 3.05) is 68.8 Å². The van der Waals surface area contributed by atoms with Gasteiger partial charge < -0.3 is 34.2 Å². The summed E-state index contributed by atoms with van der Waals surface area (Å²) in [5.41, 5.74) is 2.90. The molecule has 1 N–H and O–H groups in total. The first-order chi connectivity index (χ1) is 19.9. The molecule has 2 aromatic rings. The third-order valence-corrected chi connectivity index (χ3v) is 8.03. The van der Waals surface area contributed by atoms with Crippen LogP contribution in [0.3, 0.4) is 0 Å². The Kier molecular flexibility index (Phi) is 9.49. The molecule has 0 saturated carbocycles. The average Bonchev–Trinajstić information content (AvgIpc) is 2.99. The first-order valence-corrected chi connectivity index (χ1v) is 15.1. The molecular weight excluding hydrogens is 520 g/mol. The highest BCUT2D eigenvalue weighted by molar-refractivity contribution is 5.87. The van der Waals surface area contributed by atoms with Crippen LogP contribution in [-0.4, -0.2) is 95.9 Å². The predicted molar refractivity (Wildman–Crippen MR) is 160 cm³/mol. The average molecular weight is 565 g/mol. The first kappa shape index (κ1) is 29.0. The summed E-state index contributed by atoms with van der Waals surface area (Å²) in [6.07, 6.45) is 6.98. The van der Waals surface area contributed by atoms with Gasteiger partial charge in [0.2, 0.25) is 5.91 Å². The van der Waals surface area contributed by atoms with E-state index in [9.17, 15) is 9.90 Å². The van der Waals surface area contributed by atoms with Gasteiger partial charge in [-0.15, -0.1) is 0 Å². The van der Waals surface area contributed by atoms with Gasteiger partial charge in [0, 0.05) is 50.9 Å². The van der Waals surface area contributed by atoms with Crippen LogP contribution in [0.25, 0.3) is 0 Å². The van der Waals surface area contributed by atoms with Crippen LogP contribution in [0.5, 0.6) is 17.5 Å². The highest BCUT2D eigenvalue weighted by Gasteiger charge is 2.29. The van der Waals surface area contributed by atoms with Gasteiger partial charge in [-0.05, 0) is 70.8 Å². The van der Waals surface area contributed by atoms with Crippen molar-refractivity contribution < 1.29 is 19.4 Å². The fourth-order valence-corrected chi connectivity index (χ4v) is 5.93. The van der Waals surface area contributed by atoms with Crippen LogP contribution in [0.4, 0.5) is 11.5 Å². The molecule has 3 aliphatic heterocycles. The van der Waals surface area contributed by atoms with Crippen LogP contribution < -0.4 is 19.3 Å². The summed E-state index contributed by atoms with van der Waals surface area (Å²) in [6.45, 7) is 15.5. The van der Waals surface area contributed by atoms with Crippen molar-refractivity contribution in [3.63, 3.8) is 0 Å². The number of anilines is 2. The van der Waals surface area contributed by atoms with E-state index in [4.69, 9.17) is 19.4 Å². The van der Waals surface area contributed by atoms with Gasteiger partial charge in [-0.3, -0.25) is 4.79 Å². The zero-order valence-electron chi connectivity index (χ0n) is 24.6. The van der Waals surface area contributed by atoms with E-state index in [0.717, 1.165) is 54.4 Å². The number of fused-ring (bicyclic) bond motifs is 1. The van der Waals surface area contributed by atoms with Crippen molar-refractivity contribution in [1.82, 2.24) is 19.8 Å². The molecule has 0 unspecified atom stereocenters. The number of aromatic nitrogens is 2. The Hall–Kier alpha value is -3.53. The number of piperazine rings is 1. The molecule has 0 aliphatic carbocycles. The van der Waals surface area contributed by atoms with Crippen LogP contribution in [-0.2, 0) is 17.8 Å². The van der Waals surface area contributed by atoms with Gasteiger partial charge in [-0.1, -0.05) is 13.0 Å². The van der Waals surface area contributed by atoms with Crippen LogP contribution >= 0.6 is 0 Å². The molecule has 2 fully saturated rings. The second-order valence-electron chi connectivity index (χ2n) is 11.4. The first-order valence-electron chi connectivity index (χ1n) is 15.1. The minimum atomic E-state index is -0.0340. The van der Waals surface area contributed by atoms with Crippen molar-refractivity contribution in [1.29, 1.82) is 0 Å². The molecule has 10 heteroatoms. The number of hydrogen-bond acceptors (Lipinski definition) is 9. The maximum absolute atomic E-state index is 12.2. The zero-order chi connectivity index (χ0) is 28.8. The number of aromatic hydroxyl groups is 1. The number of amides is 1. The Morgan fingerprint density at radius 1 is 1.05 bits per heavy atom. The van der Waals surface area contributed by atoms with Crippen molar-refractivity contribution in [3.8, 4) is 17.5 Å². The maximum atomic E-state index is 12.2. The Labute approximate surface area is 243 Å². The van der Waals surface area contributed by atoms with Crippen LogP contribution in [0.1, 0.15) is 50.8 Å². The number of phenolic OH excluding ortho intramolecular Hbond substituents is 1. The SMILES string of the molecule is C=CC(=O)N1CCN(c2nc(OCCCN3CCCCC3)nc3c2CCN(c2cc(O)ccc2OC(C)C)C3)CC1. The molecule has 222 valence electrons. The molecular formula is C31H44N6O4. The molecule has 41 heavy (non-hydrogen) atoms.